The molecule has 0 aromatic heterocycles. The van der Waals surface area contributed by atoms with Crippen LogP contribution in [0.25, 0.3) is 0 Å². The number of carbonyl (C=O) groups excluding carboxylic acids is 1. The fraction of sp³-hybridized carbons (Fsp3) is 0.632. The predicted molar refractivity (Wildman–Crippen MR) is 94.4 cm³/mol. The molecule has 23 heavy (non-hydrogen) atoms. The molecule has 0 spiro atoms. The van der Waals surface area contributed by atoms with Gasteiger partial charge < -0.3 is 9.31 Å². The van der Waals surface area contributed by atoms with Crippen molar-refractivity contribution in [1.29, 1.82) is 0 Å². The molecule has 2 rings (SSSR count). The smallest absolute Gasteiger partial charge is 0.403 e. The number of carbonyl (C=O) groups is 1. The van der Waals surface area contributed by atoms with E-state index in [4.69, 9.17) is 9.31 Å². The maximum atomic E-state index is 12.4. The maximum absolute atomic E-state index is 12.4. The van der Waals surface area contributed by atoms with Crippen molar-refractivity contribution in [2.24, 2.45) is 0 Å². The van der Waals surface area contributed by atoms with Gasteiger partial charge in [-0.2, -0.15) is 0 Å². The molecule has 0 saturated carbocycles. The van der Waals surface area contributed by atoms with Crippen molar-refractivity contribution in [3.63, 3.8) is 0 Å². The predicted octanol–water partition coefficient (Wildman–Crippen LogP) is 4.55. The van der Waals surface area contributed by atoms with Crippen molar-refractivity contribution in [2.45, 2.75) is 77.3 Å². The lowest BCUT2D eigenvalue weighted by atomic mass is 9.65. The van der Waals surface area contributed by atoms with Gasteiger partial charge in [-0.25, -0.2) is 0 Å². The molecule has 1 aliphatic rings. The Kier molecular flexibility index (Phi) is 5.69. The van der Waals surface area contributed by atoms with Gasteiger partial charge in [0.25, 0.3) is 0 Å². The second kappa shape index (κ2) is 7.19. The Balaban J connectivity index is 2.20. The van der Waals surface area contributed by atoms with Crippen LogP contribution in [0.4, 0.5) is 0 Å². The number of hydrogen-bond donors (Lipinski definition) is 0. The highest BCUT2D eigenvalue weighted by Gasteiger charge is 2.54. The van der Waals surface area contributed by atoms with E-state index >= 15 is 0 Å². The molecule has 0 amide bonds. The van der Waals surface area contributed by atoms with Crippen LogP contribution >= 0.6 is 0 Å². The number of hydrogen-bond acceptors (Lipinski definition) is 3. The van der Waals surface area contributed by atoms with Crippen LogP contribution in [0.15, 0.2) is 30.3 Å². The first-order chi connectivity index (χ1) is 10.8. The minimum absolute atomic E-state index is 0.0541. The lowest BCUT2D eigenvalue weighted by molar-refractivity contribution is -0.119. The van der Waals surface area contributed by atoms with Gasteiger partial charge in [0, 0.05) is 18.7 Å². The van der Waals surface area contributed by atoms with Gasteiger partial charge in [0.2, 0.25) is 0 Å². The first-order valence-electron chi connectivity index (χ1n) is 8.69. The minimum Gasteiger partial charge on any atom is -0.403 e. The van der Waals surface area contributed by atoms with E-state index in [1.54, 1.807) is 0 Å². The average Bonchev–Trinajstić information content (AvgIpc) is 2.71. The summed E-state index contributed by atoms with van der Waals surface area (Å²) in [6.07, 6.45) is 3.10. The van der Waals surface area contributed by atoms with Gasteiger partial charge in [-0.1, -0.05) is 43.7 Å². The fourth-order valence-corrected chi connectivity index (χ4v) is 2.85. The number of ketones is 1. The second-order valence-electron chi connectivity index (χ2n) is 7.49. The molecule has 1 aliphatic heterocycles. The van der Waals surface area contributed by atoms with Crippen LogP contribution in [0.2, 0.25) is 0 Å². The summed E-state index contributed by atoms with van der Waals surface area (Å²) in [5.41, 5.74) is 0.352. The molecule has 1 fully saturated rings. The third-order valence-electron chi connectivity index (χ3n) is 5.08. The average molecular weight is 316 g/mol. The molecule has 1 aromatic rings. The van der Waals surface area contributed by atoms with Gasteiger partial charge in [-0.3, -0.25) is 4.79 Å². The van der Waals surface area contributed by atoms with Crippen LogP contribution in [0.5, 0.6) is 0 Å². The standard InChI is InChI=1S/C19H29BO3/c1-6-7-13-16(21)14-17(15-11-9-8-10-12-15)20-22-18(2,3)19(4,5)23-20/h8-12,17H,6-7,13-14H2,1-5H3. The van der Waals surface area contributed by atoms with E-state index in [0.29, 0.717) is 12.8 Å². The third-order valence-corrected chi connectivity index (χ3v) is 5.08. The topological polar surface area (TPSA) is 35.5 Å². The normalized spacial score (nSPS) is 20.5. The van der Waals surface area contributed by atoms with E-state index in [0.717, 1.165) is 18.4 Å². The highest BCUT2D eigenvalue weighted by atomic mass is 16.7. The molecule has 3 nitrogen and oxygen atoms in total. The van der Waals surface area contributed by atoms with Gasteiger partial charge >= 0.3 is 7.12 Å². The number of rotatable bonds is 7. The molecular formula is C19H29BO3. The molecule has 0 bridgehead atoms. The van der Waals surface area contributed by atoms with E-state index in [1.165, 1.54) is 0 Å². The highest BCUT2D eigenvalue weighted by molar-refractivity contribution is 6.48. The van der Waals surface area contributed by atoms with E-state index in [2.05, 4.69) is 19.1 Å². The summed E-state index contributed by atoms with van der Waals surface area (Å²) in [5.74, 6) is 0.233. The van der Waals surface area contributed by atoms with Gasteiger partial charge in [0.05, 0.1) is 11.2 Å². The Bertz CT molecular complexity index is 509. The van der Waals surface area contributed by atoms with Crippen LogP contribution in [-0.2, 0) is 14.1 Å². The van der Waals surface area contributed by atoms with Gasteiger partial charge in [0.1, 0.15) is 5.78 Å². The summed E-state index contributed by atoms with van der Waals surface area (Å²) in [6.45, 7) is 10.3. The molecule has 0 radical (unpaired) electrons. The third kappa shape index (κ3) is 4.24. The summed E-state index contributed by atoms with van der Waals surface area (Å²) in [6, 6.07) is 10.1. The number of Topliss-reactive ketones (excluding diaryl/α,β-unsaturated/α-hetero) is 1. The zero-order chi connectivity index (χ0) is 17.1. The lowest BCUT2D eigenvalue weighted by Crippen LogP contribution is -2.41. The van der Waals surface area contributed by atoms with Gasteiger partial charge in [-0.05, 0) is 39.7 Å². The first kappa shape index (κ1) is 18.2. The first-order valence-corrected chi connectivity index (χ1v) is 8.69. The van der Waals surface area contributed by atoms with E-state index < -0.39 is 0 Å². The van der Waals surface area contributed by atoms with Crippen LogP contribution in [0.3, 0.4) is 0 Å². The molecule has 1 saturated heterocycles. The summed E-state index contributed by atoms with van der Waals surface area (Å²) in [5, 5.41) is 0. The minimum atomic E-state index is -0.382. The van der Waals surface area contributed by atoms with Gasteiger partial charge in [-0.15, -0.1) is 0 Å². The Morgan fingerprint density at radius 1 is 1.09 bits per heavy atom. The van der Waals surface area contributed by atoms with Crippen LogP contribution in [0.1, 0.15) is 71.7 Å². The SMILES string of the molecule is CCCCC(=O)CC(B1OC(C)(C)C(C)(C)O1)c1ccccc1. The van der Waals surface area contributed by atoms with Crippen molar-refractivity contribution in [1.82, 2.24) is 0 Å². The Labute approximate surface area is 140 Å². The van der Waals surface area contributed by atoms with E-state index in [1.807, 2.05) is 45.9 Å². The largest absolute Gasteiger partial charge is 0.466 e. The molecular weight excluding hydrogens is 287 g/mol. The van der Waals surface area contributed by atoms with Crippen molar-refractivity contribution in [3.8, 4) is 0 Å². The highest BCUT2D eigenvalue weighted by Crippen LogP contribution is 2.41. The second-order valence-corrected chi connectivity index (χ2v) is 7.49. The molecule has 1 aromatic carbocycles. The van der Waals surface area contributed by atoms with Crippen LogP contribution in [0, 0.1) is 0 Å². The Morgan fingerprint density at radius 2 is 1.65 bits per heavy atom. The number of benzene rings is 1. The summed E-state index contributed by atoms with van der Waals surface area (Å²) in [7, 11) is -0.382. The van der Waals surface area contributed by atoms with E-state index in [9.17, 15) is 4.79 Å². The van der Waals surface area contributed by atoms with Crippen molar-refractivity contribution in [2.75, 3.05) is 0 Å². The zero-order valence-corrected chi connectivity index (χ0v) is 15.1. The van der Waals surface area contributed by atoms with Crippen LogP contribution in [-0.4, -0.2) is 24.1 Å². The summed E-state index contributed by atoms with van der Waals surface area (Å²) >= 11 is 0. The quantitative estimate of drug-likeness (QED) is 0.692. The van der Waals surface area contributed by atoms with Crippen molar-refractivity contribution >= 4 is 12.9 Å². The molecule has 0 N–H and O–H groups in total. The van der Waals surface area contributed by atoms with Gasteiger partial charge in [0.15, 0.2) is 0 Å². The maximum Gasteiger partial charge on any atom is 0.466 e. The Morgan fingerprint density at radius 3 is 2.17 bits per heavy atom. The zero-order valence-electron chi connectivity index (χ0n) is 15.1. The molecule has 1 unspecified atom stereocenters. The molecule has 4 heteroatoms. The summed E-state index contributed by atoms with van der Waals surface area (Å²) < 4.78 is 12.4. The molecule has 0 aliphatic carbocycles. The van der Waals surface area contributed by atoms with Crippen molar-refractivity contribution < 1.29 is 14.1 Å². The fourth-order valence-electron chi connectivity index (χ4n) is 2.85. The Hall–Kier alpha value is -1.13. The lowest BCUT2D eigenvalue weighted by Gasteiger charge is -2.32. The number of unbranched alkanes of at least 4 members (excludes halogenated alkanes) is 1. The van der Waals surface area contributed by atoms with E-state index in [-0.39, 0.29) is 29.9 Å². The molecule has 1 heterocycles. The molecule has 126 valence electrons. The van der Waals surface area contributed by atoms with Crippen LogP contribution < -0.4 is 0 Å². The monoisotopic (exact) mass is 316 g/mol. The van der Waals surface area contributed by atoms with Crippen molar-refractivity contribution in [3.05, 3.63) is 35.9 Å². The summed E-state index contributed by atoms with van der Waals surface area (Å²) in [4.78, 5) is 12.4. The molecule has 1 atom stereocenters.